The number of aliphatic hydroxyl groups excluding tert-OH is 1. The molecule has 1 aromatic rings. The van der Waals surface area contributed by atoms with Crippen LogP contribution in [-0.2, 0) is 5.54 Å². The summed E-state index contributed by atoms with van der Waals surface area (Å²) in [6, 6.07) is 4.19. The number of anilines is 1. The van der Waals surface area contributed by atoms with E-state index in [-0.39, 0.29) is 12.3 Å². The van der Waals surface area contributed by atoms with Crippen LogP contribution >= 0.6 is 0 Å². The molecule has 3 nitrogen and oxygen atoms in total. The number of hydrogen-bond donors (Lipinski definition) is 3. The number of halogens is 1. The van der Waals surface area contributed by atoms with E-state index in [1.54, 1.807) is 6.92 Å². The van der Waals surface area contributed by atoms with Gasteiger partial charge in [0.2, 0.25) is 0 Å². The first-order valence-corrected chi connectivity index (χ1v) is 3.92. The van der Waals surface area contributed by atoms with E-state index in [2.05, 4.69) is 0 Å². The summed E-state index contributed by atoms with van der Waals surface area (Å²) in [4.78, 5) is 0. The summed E-state index contributed by atoms with van der Waals surface area (Å²) in [6.45, 7) is 1.44. The van der Waals surface area contributed by atoms with Crippen molar-refractivity contribution >= 4 is 5.69 Å². The van der Waals surface area contributed by atoms with Gasteiger partial charge in [0.25, 0.3) is 0 Å². The molecule has 0 heterocycles. The van der Waals surface area contributed by atoms with Crippen molar-refractivity contribution in [3.63, 3.8) is 0 Å². The highest BCUT2D eigenvalue weighted by atomic mass is 19.1. The maximum atomic E-state index is 12.8. The molecule has 0 aliphatic carbocycles. The van der Waals surface area contributed by atoms with E-state index in [9.17, 15) is 4.39 Å². The van der Waals surface area contributed by atoms with Crippen molar-refractivity contribution in [1.29, 1.82) is 0 Å². The zero-order valence-corrected chi connectivity index (χ0v) is 7.42. The average Bonchev–Trinajstić information content (AvgIpc) is 2.09. The third-order valence-electron chi connectivity index (χ3n) is 1.98. The number of hydrogen-bond acceptors (Lipinski definition) is 3. The van der Waals surface area contributed by atoms with Gasteiger partial charge in [0.1, 0.15) is 5.82 Å². The fourth-order valence-corrected chi connectivity index (χ4v) is 0.990. The summed E-state index contributed by atoms with van der Waals surface area (Å²) in [5, 5.41) is 8.95. The molecule has 1 unspecified atom stereocenters. The molecule has 1 atom stereocenters. The van der Waals surface area contributed by atoms with Crippen LogP contribution in [0.25, 0.3) is 0 Å². The topological polar surface area (TPSA) is 72.3 Å². The molecule has 0 bridgehead atoms. The third-order valence-corrected chi connectivity index (χ3v) is 1.98. The quantitative estimate of drug-likeness (QED) is 0.588. The lowest BCUT2D eigenvalue weighted by atomic mass is 9.94. The first-order chi connectivity index (χ1) is 5.97. The normalized spacial score (nSPS) is 15.4. The van der Waals surface area contributed by atoms with Crippen LogP contribution in [-0.4, -0.2) is 11.7 Å². The fraction of sp³-hybridized carbons (Fsp3) is 0.333. The second-order valence-corrected chi connectivity index (χ2v) is 3.31. The number of rotatable bonds is 2. The zero-order chi connectivity index (χ0) is 10.1. The highest BCUT2D eigenvalue weighted by molar-refractivity contribution is 5.44. The van der Waals surface area contributed by atoms with Crippen molar-refractivity contribution in [2.24, 2.45) is 5.73 Å². The third kappa shape index (κ3) is 1.96. The predicted molar refractivity (Wildman–Crippen MR) is 49.4 cm³/mol. The summed E-state index contributed by atoms with van der Waals surface area (Å²) < 4.78 is 12.8. The molecular formula is C9H13FN2O. The van der Waals surface area contributed by atoms with Gasteiger partial charge in [-0.15, -0.1) is 0 Å². The number of aliphatic hydroxyl groups is 1. The number of benzene rings is 1. The van der Waals surface area contributed by atoms with Crippen LogP contribution in [0.3, 0.4) is 0 Å². The molecule has 0 aromatic heterocycles. The summed E-state index contributed by atoms with van der Waals surface area (Å²) >= 11 is 0. The molecular weight excluding hydrogens is 171 g/mol. The molecule has 0 amide bonds. The monoisotopic (exact) mass is 184 g/mol. The van der Waals surface area contributed by atoms with Gasteiger partial charge in [-0.1, -0.05) is 6.07 Å². The average molecular weight is 184 g/mol. The van der Waals surface area contributed by atoms with Gasteiger partial charge in [-0.2, -0.15) is 0 Å². The SMILES string of the molecule is CC(N)(CO)c1ccc(F)c(N)c1. The minimum absolute atomic E-state index is 0.0441. The highest BCUT2D eigenvalue weighted by Gasteiger charge is 2.20. The molecule has 0 saturated heterocycles. The lowest BCUT2D eigenvalue weighted by Crippen LogP contribution is -2.37. The highest BCUT2D eigenvalue weighted by Crippen LogP contribution is 2.21. The Morgan fingerprint density at radius 2 is 2.15 bits per heavy atom. The fourth-order valence-electron chi connectivity index (χ4n) is 0.990. The lowest BCUT2D eigenvalue weighted by molar-refractivity contribution is 0.210. The summed E-state index contributed by atoms with van der Waals surface area (Å²) in [6.07, 6.45) is 0. The van der Waals surface area contributed by atoms with Gasteiger partial charge in [-0.05, 0) is 24.6 Å². The molecule has 0 radical (unpaired) electrons. The second kappa shape index (κ2) is 3.32. The first-order valence-electron chi connectivity index (χ1n) is 3.92. The molecule has 0 aliphatic rings. The minimum atomic E-state index is -0.873. The molecule has 4 heteroatoms. The molecule has 5 N–H and O–H groups in total. The first kappa shape index (κ1) is 9.95. The van der Waals surface area contributed by atoms with Gasteiger partial charge < -0.3 is 16.6 Å². The summed E-state index contributed by atoms with van der Waals surface area (Å²) in [7, 11) is 0. The standard InChI is InChI=1S/C9H13FN2O/c1-9(12,5-13)6-2-3-7(10)8(11)4-6/h2-4,13H,5,11-12H2,1H3. The van der Waals surface area contributed by atoms with Crippen molar-refractivity contribution in [3.8, 4) is 0 Å². The molecule has 72 valence electrons. The van der Waals surface area contributed by atoms with Crippen LogP contribution in [0.5, 0.6) is 0 Å². The Labute approximate surface area is 76.2 Å². The van der Waals surface area contributed by atoms with Crippen molar-refractivity contribution in [1.82, 2.24) is 0 Å². The number of nitrogens with two attached hydrogens (primary N) is 2. The Balaban J connectivity index is 3.10. The van der Waals surface area contributed by atoms with Crippen LogP contribution in [0.1, 0.15) is 12.5 Å². The van der Waals surface area contributed by atoms with Crippen molar-refractivity contribution in [2.75, 3.05) is 12.3 Å². The van der Waals surface area contributed by atoms with E-state index in [1.165, 1.54) is 18.2 Å². The van der Waals surface area contributed by atoms with Gasteiger partial charge in [-0.25, -0.2) is 4.39 Å². The summed E-state index contributed by atoms with van der Waals surface area (Å²) in [5.41, 5.74) is 10.9. The smallest absolute Gasteiger partial charge is 0.146 e. The molecule has 1 aromatic carbocycles. The Morgan fingerprint density at radius 1 is 1.54 bits per heavy atom. The molecule has 0 saturated carbocycles. The van der Waals surface area contributed by atoms with Gasteiger partial charge >= 0.3 is 0 Å². The maximum absolute atomic E-state index is 12.8. The van der Waals surface area contributed by atoms with Crippen molar-refractivity contribution in [3.05, 3.63) is 29.6 Å². The van der Waals surface area contributed by atoms with Crippen LogP contribution in [0.4, 0.5) is 10.1 Å². The second-order valence-electron chi connectivity index (χ2n) is 3.31. The lowest BCUT2D eigenvalue weighted by Gasteiger charge is -2.22. The van der Waals surface area contributed by atoms with Crippen LogP contribution in [0.2, 0.25) is 0 Å². The minimum Gasteiger partial charge on any atom is -0.396 e. The van der Waals surface area contributed by atoms with E-state index in [0.717, 1.165) is 0 Å². The molecule has 1 rings (SSSR count). The maximum Gasteiger partial charge on any atom is 0.146 e. The molecule has 13 heavy (non-hydrogen) atoms. The Kier molecular flexibility index (Phi) is 2.54. The van der Waals surface area contributed by atoms with Crippen molar-refractivity contribution in [2.45, 2.75) is 12.5 Å². The molecule has 0 fully saturated rings. The Hall–Kier alpha value is -1.13. The number of nitrogen functional groups attached to an aromatic ring is 1. The van der Waals surface area contributed by atoms with Crippen LogP contribution in [0, 0.1) is 5.82 Å². The van der Waals surface area contributed by atoms with Gasteiger partial charge in [0, 0.05) is 0 Å². The van der Waals surface area contributed by atoms with Gasteiger partial charge in [0.15, 0.2) is 0 Å². The van der Waals surface area contributed by atoms with Crippen LogP contribution in [0.15, 0.2) is 18.2 Å². The molecule has 0 aliphatic heterocycles. The van der Waals surface area contributed by atoms with E-state index in [4.69, 9.17) is 16.6 Å². The zero-order valence-electron chi connectivity index (χ0n) is 7.42. The van der Waals surface area contributed by atoms with E-state index in [0.29, 0.717) is 5.56 Å². The van der Waals surface area contributed by atoms with Crippen molar-refractivity contribution < 1.29 is 9.50 Å². The van der Waals surface area contributed by atoms with Crippen LogP contribution < -0.4 is 11.5 Å². The predicted octanol–water partition coefficient (Wildman–Crippen LogP) is 0.574. The summed E-state index contributed by atoms with van der Waals surface area (Å²) in [5.74, 6) is -0.475. The van der Waals surface area contributed by atoms with E-state index < -0.39 is 11.4 Å². The van der Waals surface area contributed by atoms with Gasteiger partial charge in [0.05, 0.1) is 17.8 Å². The molecule has 0 spiro atoms. The Bertz CT molecular complexity index is 312. The van der Waals surface area contributed by atoms with Gasteiger partial charge in [-0.3, -0.25) is 0 Å². The van der Waals surface area contributed by atoms with E-state index in [1.807, 2.05) is 0 Å². The Morgan fingerprint density at radius 3 is 2.62 bits per heavy atom. The van der Waals surface area contributed by atoms with E-state index >= 15 is 0 Å². The largest absolute Gasteiger partial charge is 0.396 e.